The molecule has 1 aromatic rings. The van der Waals surface area contributed by atoms with Crippen molar-refractivity contribution in [2.24, 2.45) is 5.92 Å². The van der Waals surface area contributed by atoms with Crippen LogP contribution in [0.4, 0.5) is 5.69 Å². The van der Waals surface area contributed by atoms with Gasteiger partial charge < -0.3 is 10.4 Å². The number of carbonyl (C=O) groups excluding carboxylic acids is 1. The lowest BCUT2D eigenvalue weighted by Crippen LogP contribution is -2.27. The molecule has 2 fully saturated rings. The summed E-state index contributed by atoms with van der Waals surface area (Å²) in [4.78, 5) is 11.5. The standard InChI is InChI=1S/C17H20ClN3O3S/c18-16-13(11-7-12(19-8-11)6-10-2-1-3-10)4-5-14(22)17(16)21-9-15(23)20-25(21)24/h4-5,7,10,12,19,22H,1-3,6,8-9H2,(H,20,23). The average molecular weight is 382 g/mol. The van der Waals surface area contributed by atoms with Gasteiger partial charge in [-0.3, -0.25) is 13.8 Å². The van der Waals surface area contributed by atoms with Gasteiger partial charge in [0.15, 0.2) is 0 Å². The van der Waals surface area contributed by atoms with E-state index in [4.69, 9.17) is 11.6 Å². The van der Waals surface area contributed by atoms with E-state index in [-0.39, 0.29) is 23.9 Å². The zero-order chi connectivity index (χ0) is 17.6. The number of carbonyl (C=O) groups is 1. The van der Waals surface area contributed by atoms with E-state index in [0.29, 0.717) is 17.6 Å². The van der Waals surface area contributed by atoms with Crippen LogP contribution in [0.2, 0.25) is 5.02 Å². The van der Waals surface area contributed by atoms with Crippen LogP contribution in [0.3, 0.4) is 0 Å². The second-order valence-corrected chi connectivity index (χ2v) is 8.34. The van der Waals surface area contributed by atoms with Gasteiger partial charge in [0.05, 0.1) is 5.02 Å². The first-order valence-corrected chi connectivity index (χ1v) is 9.96. The van der Waals surface area contributed by atoms with Gasteiger partial charge >= 0.3 is 0 Å². The molecule has 2 heterocycles. The Morgan fingerprint density at radius 1 is 1.36 bits per heavy atom. The molecule has 4 rings (SSSR count). The molecule has 0 radical (unpaired) electrons. The molecular weight excluding hydrogens is 362 g/mol. The van der Waals surface area contributed by atoms with Gasteiger partial charge in [-0.25, -0.2) is 4.21 Å². The van der Waals surface area contributed by atoms with Gasteiger partial charge in [0.1, 0.15) is 18.0 Å². The Labute approximate surface area is 154 Å². The molecule has 2 aliphatic heterocycles. The third-order valence-electron chi connectivity index (χ3n) is 5.15. The summed E-state index contributed by atoms with van der Waals surface area (Å²) in [6.07, 6.45) is 7.30. The number of nitrogens with zero attached hydrogens (tertiary/aromatic N) is 1. The monoisotopic (exact) mass is 381 g/mol. The molecule has 2 unspecified atom stereocenters. The maximum Gasteiger partial charge on any atom is 0.253 e. The van der Waals surface area contributed by atoms with Crippen LogP contribution in [0.15, 0.2) is 18.2 Å². The van der Waals surface area contributed by atoms with Crippen molar-refractivity contribution in [3.05, 3.63) is 28.8 Å². The SMILES string of the molecule is O=C1CN(c2c(O)ccc(C3=CC(CC4CCC4)NC3)c2Cl)S(=O)N1. The van der Waals surface area contributed by atoms with E-state index < -0.39 is 11.2 Å². The Balaban J connectivity index is 1.62. The number of aromatic hydroxyl groups is 1. The molecule has 25 heavy (non-hydrogen) atoms. The van der Waals surface area contributed by atoms with E-state index in [1.54, 1.807) is 6.07 Å². The topological polar surface area (TPSA) is 81.7 Å². The molecule has 1 amide bonds. The summed E-state index contributed by atoms with van der Waals surface area (Å²) in [6.45, 7) is 0.618. The first-order valence-electron chi connectivity index (χ1n) is 8.47. The predicted molar refractivity (Wildman–Crippen MR) is 98.5 cm³/mol. The van der Waals surface area contributed by atoms with E-state index in [1.807, 2.05) is 0 Å². The third kappa shape index (κ3) is 3.16. The molecule has 6 nitrogen and oxygen atoms in total. The van der Waals surface area contributed by atoms with Gasteiger partial charge in [-0.15, -0.1) is 0 Å². The van der Waals surface area contributed by atoms with Crippen molar-refractivity contribution in [3.8, 4) is 5.75 Å². The van der Waals surface area contributed by atoms with Crippen molar-refractivity contribution >= 4 is 39.9 Å². The van der Waals surface area contributed by atoms with Crippen LogP contribution in [-0.4, -0.2) is 34.4 Å². The first-order chi connectivity index (χ1) is 12.0. The second-order valence-electron chi connectivity index (χ2n) is 6.82. The van der Waals surface area contributed by atoms with Gasteiger partial charge in [-0.05, 0) is 35.6 Å². The minimum Gasteiger partial charge on any atom is -0.506 e. The Kier molecular flexibility index (Phi) is 4.47. The van der Waals surface area contributed by atoms with E-state index in [1.165, 1.54) is 29.6 Å². The summed E-state index contributed by atoms with van der Waals surface area (Å²) >= 11 is 4.81. The Morgan fingerprint density at radius 3 is 2.80 bits per heavy atom. The molecule has 1 aliphatic carbocycles. The maximum atomic E-state index is 12.0. The van der Waals surface area contributed by atoms with Crippen molar-refractivity contribution < 1.29 is 14.1 Å². The van der Waals surface area contributed by atoms with Gasteiger partial charge in [-0.2, -0.15) is 0 Å². The van der Waals surface area contributed by atoms with Crippen molar-refractivity contribution in [1.82, 2.24) is 10.0 Å². The van der Waals surface area contributed by atoms with Crippen LogP contribution in [0.1, 0.15) is 31.2 Å². The number of phenolic OH excluding ortho intramolecular Hbond substituents is 1. The molecule has 2 atom stereocenters. The number of hydrogen-bond acceptors (Lipinski definition) is 4. The fourth-order valence-corrected chi connectivity index (χ4v) is 4.99. The Hall–Kier alpha value is -1.57. The van der Waals surface area contributed by atoms with E-state index >= 15 is 0 Å². The van der Waals surface area contributed by atoms with E-state index in [0.717, 1.165) is 23.5 Å². The summed E-state index contributed by atoms with van der Waals surface area (Å²) in [7, 11) is 0. The summed E-state index contributed by atoms with van der Waals surface area (Å²) in [5.41, 5.74) is 2.11. The highest BCUT2D eigenvalue weighted by Crippen LogP contribution is 2.42. The normalized spacial score (nSPS) is 26.5. The lowest BCUT2D eigenvalue weighted by atomic mass is 9.81. The molecular formula is C17H20ClN3O3S. The summed E-state index contributed by atoms with van der Waals surface area (Å²) in [5, 5.41) is 14.0. The van der Waals surface area contributed by atoms with Crippen LogP contribution in [0.5, 0.6) is 5.75 Å². The van der Waals surface area contributed by atoms with Crippen molar-refractivity contribution in [2.75, 3.05) is 17.4 Å². The lowest BCUT2D eigenvalue weighted by Gasteiger charge is -2.27. The number of halogens is 1. The number of phenols is 1. The predicted octanol–water partition coefficient (Wildman–Crippen LogP) is 2.11. The minimum atomic E-state index is -1.73. The van der Waals surface area contributed by atoms with Crippen molar-refractivity contribution in [3.63, 3.8) is 0 Å². The smallest absolute Gasteiger partial charge is 0.253 e. The number of benzene rings is 1. The molecule has 3 aliphatic rings. The van der Waals surface area contributed by atoms with Gasteiger partial charge in [-0.1, -0.05) is 36.9 Å². The van der Waals surface area contributed by atoms with Gasteiger partial charge in [0.25, 0.3) is 5.91 Å². The molecule has 1 aromatic carbocycles. The zero-order valence-corrected chi connectivity index (χ0v) is 15.2. The fourth-order valence-electron chi connectivity index (χ4n) is 3.60. The first kappa shape index (κ1) is 16.9. The summed E-state index contributed by atoms with van der Waals surface area (Å²) < 4.78 is 15.6. The maximum absolute atomic E-state index is 12.0. The van der Waals surface area contributed by atoms with E-state index in [2.05, 4.69) is 16.1 Å². The molecule has 0 spiro atoms. The number of nitrogens with one attached hydrogen (secondary N) is 2. The summed E-state index contributed by atoms with van der Waals surface area (Å²) in [5.74, 6) is 0.362. The average Bonchev–Trinajstić information content (AvgIpc) is 3.10. The number of hydrogen-bond donors (Lipinski definition) is 3. The van der Waals surface area contributed by atoms with Crippen LogP contribution in [-0.2, 0) is 16.0 Å². The summed E-state index contributed by atoms with van der Waals surface area (Å²) in [6, 6.07) is 3.66. The quantitative estimate of drug-likeness (QED) is 0.746. The van der Waals surface area contributed by atoms with Crippen LogP contribution in [0, 0.1) is 5.92 Å². The fraction of sp³-hybridized carbons (Fsp3) is 0.471. The molecule has 0 bridgehead atoms. The zero-order valence-electron chi connectivity index (χ0n) is 13.6. The third-order valence-corrected chi connectivity index (χ3v) is 6.64. The molecule has 3 N–H and O–H groups in total. The Morgan fingerprint density at radius 2 is 2.16 bits per heavy atom. The van der Waals surface area contributed by atoms with Crippen LogP contribution in [0.25, 0.3) is 5.57 Å². The molecule has 1 saturated carbocycles. The van der Waals surface area contributed by atoms with Crippen molar-refractivity contribution in [2.45, 2.75) is 31.7 Å². The van der Waals surface area contributed by atoms with E-state index in [9.17, 15) is 14.1 Å². The molecule has 134 valence electrons. The van der Waals surface area contributed by atoms with Gasteiger partial charge in [0, 0.05) is 12.6 Å². The van der Waals surface area contributed by atoms with Crippen LogP contribution >= 0.6 is 11.6 Å². The van der Waals surface area contributed by atoms with Gasteiger partial charge in [0.2, 0.25) is 11.2 Å². The number of anilines is 1. The van der Waals surface area contributed by atoms with Crippen LogP contribution < -0.4 is 14.3 Å². The molecule has 8 heteroatoms. The highest BCUT2D eigenvalue weighted by atomic mass is 35.5. The highest BCUT2D eigenvalue weighted by Gasteiger charge is 2.32. The van der Waals surface area contributed by atoms with Crippen molar-refractivity contribution in [1.29, 1.82) is 0 Å². The second kappa shape index (κ2) is 6.63. The minimum absolute atomic E-state index is 0.0869. The highest BCUT2D eigenvalue weighted by molar-refractivity contribution is 7.85. The number of amides is 1. The Bertz CT molecular complexity index is 779. The molecule has 0 aromatic heterocycles. The number of rotatable bonds is 4. The lowest BCUT2D eigenvalue weighted by molar-refractivity contribution is -0.117. The molecule has 1 saturated heterocycles. The largest absolute Gasteiger partial charge is 0.506 e.